The first-order valence-electron chi connectivity index (χ1n) is 7.21. The predicted molar refractivity (Wildman–Crippen MR) is 90.8 cm³/mol. The minimum absolute atomic E-state index is 0.0480. The highest BCUT2D eigenvalue weighted by atomic mass is 32.2. The third-order valence-corrected chi connectivity index (χ3v) is 4.18. The van der Waals surface area contributed by atoms with Crippen molar-refractivity contribution < 1.29 is 8.42 Å². The van der Waals surface area contributed by atoms with Gasteiger partial charge in [0.05, 0.1) is 5.75 Å². The summed E-state index contributed by atoms with van der Waals surface area (Å²) in [5.41, 5.74) is 3.54. The molecule has 21 heavy (non-hydrogen) atoms. The van der Waals surface area contributed by atoms with Crippen molar-refractivity contribution in [1.82, 2.24) is 5.32 Å². The van der Waals surface area contributed by atoms with Crippen molar-refractivity contribution in [3.8, 4) is 0 Å². The van der Waals surface area contributed by atoms with Crippen molar-refractivity contribution in [2.45, 2.75) is 39.8 Å². The number of benzene rings is 1. The Hall–Kier alpha value is -1.07. The summed E-state index contributed by atoms with van der Waals surface area (Å²) < 4.78 is 22.6. The number of hydrogen-bond donors (Lipinski definition) is 1. The molecule has 0 bridgehead atoms. The van der Waals surface area contributed by atoms with Crippen LogP contribution in [-0.2, 0) is 16.4 Å². The number of rotatable bonds is 6. The van der Waals surface area contributed by atoms with Gasteiger partial charge in [0.25, 0.3) is 0 Å². The van der Waals surface area contributed by atoms with E-state index in [4.69, 9.17) is 0 Å². The summed E-state index contributed by atoms with van der Waals surface area (Å²) in [6.45, 7) is 9.75. The van der Waals surface area contributed by atoms with Gasteiger partial charge in [-0.15, -0.1) is 0 Å². The van der Waals surface area contributed by atoms with Crippen molar-refractivity contribution in [3.05, 3.63) is 29.3 Å². The van der Waals surface area contributed by atoms with E-state index in [0.717, 1.165) is 12.2 Å². The number of hydrogen-bond acceptors (Lipinski definition) is 4. The number of sulfone groups is 1. The molecule has 0 atom stereocenters. The van der Waals surface area contributed by atoms with Crippen molar-refractivity contribution in [2.24, 2.45) is 0 Å². The molecule has 0 fully saturated rings. The summed E-state index contributed by atoms with van der Waals surface area (Å²) >= 11 is 0. The Labute approximate surface area is 129 Å². The van der Waals surface area contributed by atoms with Crippen molar-refractivity contribution in [1.29, 1.82) is 0 Å². The van der Waals surface area contributed by atoms with E-state index in [-0.39, 0.29) is 11.3 Å². The average Bonchev–Trinajstić information content (AvgIpc) is 2.32. The number of nitrogens with one attached hydrogen (secondary N) is 1. The Morgan fingerprint density at radius 3 is 2.38 bits per heavy atom. The van der Waals surface area contributed by atoms with E-state index >= 15 is 0 Å². The lowest BCUT2D eigenvalue weighted by Gasteiger charge is -2.26. The van der Waals surface area contributed by atoms with Gasteiger partial charge in [0.1, 0.15) is 9.84 Å². The Balaban J connectivity index is 2.90. The minimum atomic E-state index is -2.94. The molecule has 0 heterocycles. The minimum Gasteiger partial charge on any atom is -0.373 e. The molecular formula is C16H28N2O2S. The van der Waals surface area contributed by atoms with Crippen molar-refractivity contribution in [2.75, 3.05) is 30.5 Å². The molecule has 1 aromatic carbocycles. The second-order valence-corrected chi connectivity index (χ2v) is 9.05. The topological polar surface area (TPSA) is 49.4 Å². The van der Waals surface area contributed by atoms with E-state index in [1.165, 1.54) is 17.4 Å². The lowest BCUT2D eigenvalue weighted by Crippen LogP contribution is -2.35. The van der Waals surface area contributed by atoms with E-state index in [2.05, 4.69) is 51.2 Å². The van der Waals surface area contributed by atoms with Crippen LogP contribution in [0.4, 0.5) is 5.69 Å². The van der Waals surface area contributed by atoms with Crippen LogP contribution in [-0.4, -0.2) is 39.6 Å². The smallest absolute Gasteiger partial charge is 0.149 e. The molecule has 4 nitrogen and oxygen atoms in total. The summed E-state index contributed by atoms with van der Waals surface area (Å²) in [4.78, 5) is 2.01. The van der Waals surface area contributed by atoms with Crippen LogP contribution in [0.15, 0.2) is 18.2 Å². The monoisotopic (exact) mass is 312 g/mol. The number of anilines is 1. The first-order valence-corrected chi connectivity index (χ1v) is 9.27. The maximum absolute atomic E-state index is 11.3. The third-order valence-electron chi connectivity index (χ3n) is 3.25. The molecule has 0 radical (unpaired) electrons. The molecule has 0 unspecified atom stereocenters. The van der Waals surface area contributed by atoms with Gasteiger partial charge in [0.2, 0.25) is 0 Å². The van der Waals surface area contributed by atoms with Crippen LogP contribution in [0.3, 0.4) is 0 Å². The molecule has 5 heteroatoms. The summed E-state index contributed by atoms with van der Waals surface area (Å²) in [5.74, 6) is 0.170. The Morgan fingerprint density at radius 2 is 1.86 bits per heavy atom. The number of aryl methyl sites for hydroxylation is 1. The molecule has 1 rings (SSSR count). The fourth-order valence-corrected chi connectivity index (χ4v) is 2.62. The summed E-state index contributed by atoms with van der Waals surface area (Å²) in [6, 6.07) is 6.29. The second kappa shape index (κ2) is 6.79. The largest absolute Gasteiger partial charge is 0.373 e. The van der Waals surface area contributed by atoms with Crippen molar-refractivity contribution in [3.63, 3.8) is 0 Å². The Bertz CT molecular complexity index is 574. The van der Waals surface area contributed by atoms with Gasteiger partial charge in [-0.25, -0.2) is 8.42 Å². The van der Waals surface area contributed by atoms with Gasteiger partial charge < -0.3 is 10.2 Å². The predicted octanol–water partition coefficient (Wildman–Crippen LogP) is 2.36. The highest BCUT2D eigenvalue weighted by Gasteiger charge is 2.13. The maximum atomic E-state index is 11.3. The van der Waals surface area contributed by atoms with E-state index in [1.807, 2.05) is 11.9 Å². The molecule has 0 saturated heterocycles. The van der Waals surface area contributed by atoms with Gasteiger partial charge in [-0.2, -0.15) is 0 Å². The van der Waals surface area contributed by atoms with E-state index in [9.17, 15) is 8.42 Å². The summed E-state index contributed by atoms with van der Waals surface area (Å²) in [7, 11) is -1.00. The molecule has 0 saturated carbocycles. The van der Waals surface area contributed by atoms with E-state index in [0.29, 0.717) is 6.54 Å². The van der Waals surface area contributed by atoms with Crippen molar-refractivity contribution >= 4 is 15.5 Å². The molecule has 0 aliphatic heterocycles. The van der Waals surface area contributed by atoms with Crippen LogP contribution >= 0.6 is 0 Å². The molecular weight excluding hydrogens is 284 g/mol. The summed E-state index contributed by atoms with van der Waals surface area (Å²) in [6.07, 6.45) is 1.28. The van der Waals surface area contributed by atoms with Gasteiger partial charge in [-0.05, 0) is 39.3 Å². The van der Waals surface area contributed by atoms with Gasteiger partial charge >= 0.3 is 0 Å². The third kappa shape index (κ3) is 6.96. The summed E-state index contributed by atoms with van der Waals surface area (Å²) in [5, 5.41) is 3.49. The Morgan fingerprint density at radius 1 is 1.24 bits per heavy atom. The SMILES string of the molecule is Cc1ccc(N(C)CCS(C)(=O)=O)c(CNC(C)(C)C)c1. The standard InChI is InChI=1S/C16H28N2O2S/c1-13-7-8-15(18(5)9-10-21(6,19)20)14(11-13)12-17-16(2,3)4/h7-8,11,17H,9-10,12H2,1-6H3. The van der Waals surface area contributed by atoms with E-state index in [1.54, 1.807) is 0 Å². The van der Waals surface area contributed by atoms with Crippen LogP contribution in [0, 0.1) is 6.92 Å². The van der Waals surface area contributed by atoms with Crippen LogP contribution in [0.5, 0.6) is 0 Å². The van der Waals surface area contributed by atoms with E-state index < -0.39 is 9.84 Å². The normalized spacial score (nSPS) is 12.5. The van der Waals surface area contributed by atoms with Gasteiger partial charge in [-0.3, -0.25) is 0 Å². The molecule has 0 aliphatic carbocycles. The molecule has 120 valence electrons. The fourth-order valence-electron chi connectivity index (χ4n) is 2.01. The average molecular weight is 312 g/mol. The lowest BCUT2D eigenvalue weighted by molar-refractivity contribution is 0.424. The van der Waals surface area contributed by atoms with Gasteiger partial charge in [0, 0.05) is 37.6 Å². The first kappa shape index (κ1) is 18.0. The zero-order valence-corrected chi connectivity index (χ0v) is 14.8. The lowest BCUT2D eigenvalue weighted by atomic mass is 10.1. The maximum Gasteiger partial charge on any atom is 0.149 e. The molecule has 1 N–H and O–H groups in total. The van der Waals surface area contributed by atoms with Gasteiger partial charge in [0.15, 0.2) is 0 Å². The zero-order chi connectivity index (χ0) is 16.3. The molecule has 0 amide bonds. The van der Waals surface area contributed by atoms with Crippen LogP contribution in [0.25, 0.3) is 0 Å². The molecule has 0 aromatic heterocycles. The van der Waals surface area contributed by atoms with Crippen LogP contribution < -0.4 is 10.2 Å². The van der Waals surface area contributed by atoms with Gasteiger partial charge in [-0.1, -0.05) is 17.7 Å². The molecule has 0 spiro atoms. The second-order valence-electron chi connectivity index (χ2n) is 6.79. The van der Waals surface area contributed by atoms with Crippen LogP contribution in [0.2, 0.25) is 0 Å². The zero-order valence-electron chi connectivity index (χ0n) is 14.0. The molecule has 0 aliphatic rings. The highest BCUT2D eigenvalue weighted by molar-refractivity contribution is 7.90. The fraction of sp³-hybridized carbons (Fsp3) is 0.625. The quantitative estimate of drug-likeness (QED) is 0.876. The first-order chi connectivity index (χ1) is 9.48. The van der Waals surface area contributed by atoms with Crippen LogP contribution in [0.1, 0.15) is 31.9 Å². The molecule has 1 aromatic rings. The Kier molecular flexibility index (Phi) is 5.82. The highest BCUT2D eigenvalue weighted by Crippen LogP contribution is 2.21. The number of nitrogens with zero attached hydrogens (tertiary/aromatic N) is 1.